The fraction of sp³-hybridized carbons (Fsp3) is 0.633. The number of rotatable bonds is 8. The summed E-state index contributed by atoms with van der Waals surface area (Å²) in [5.41, 5.74) is 2.41. The Hall–Kier alpha value is -2.35. The van der Waals surface area contributed by atoms with Gasteiger partial charge in [-0.15, -0.1) is 5.10 Å². The molecule has 1 aliphatic heterocycles. The Morgan fingerprint density at radius 2 is 1.79 bits per heavy atom. The van der Waals surface area contributed by atoms with Crippen molar-refractivity contribution in [3.8, 4) is 22.8 Å². The van der Waals surface area contributed by atoms with E-state index in [1.54, 1.807) is 4.90 Å². The highest BCUT2D eigenvalue weighted by atomic mass is 79.9. The number of hydrogen-bond donors (Lipinski definition) is 0. The van der Waals surface area contributed by atoms with Crippen molar-refractivity contribution >= 4 is 22.0 Å². The normalized spacial score (nSPS) is 18.8. The van der Waals surface area contributed by atoms with Crippen molar-refractivity contribution in [3.63, 3.8) is 0 Å². The second-order valence-electron chi connectivity index (χ2n) is 11.4. The lowest BCUT2D eigenvalue weighted by Crippen LogP contribution is -2.48. The van der Waals surface area contributed by atoms with E-state index in [0.717, 1.165) is 78.4 Å². The van der Waals surface area contributed by atoms with Gasteiger partial charge in [0.2, 0.25) is 5.88 Å². The number of ether oxygens (including phenoxy) is 3. The molecule has 0 N–H and O–H groups in total. The van der Waals surface area contributed by atoms with E-state index in [9.17, 15) is 4.79 Å². The Labute approximate surface area is 235 Å². The number of carbonyl (C=O) groups excluding carboxylic acids is 1. The molecule has 2 fully saturated rings. The third-order valence-corrected chi connectivity index (χ3v) is 7.66. The molecule has 1 aliphatic carbocycles. The monoisotopic (exact) mass is 587 g/mol. The molecule has 0 spiro atoms. The van der Waals surface area contributed by atoms with Crippen LogP contribution in [0.4, 0.5) is 4.79 Å². The van der Waals surface area contributed by atoms with Crippen molar-refractivity contribution in [2.75, 3.05) is 6.54 Å². The predicted octanol–water partition coefficient (Wildman–Crippen LogP) is 8.09. The van der Waals surface area contributed by atoms with Crippen LogP contribution in [0.25, 0.3) is 11.1 Å². The Balaban J connectivity index is 1.56. The first-order valence-electron chi connectivity index (χ1n) is 14.2. The van der Waals surface area contributed by atoms with Gasteiger partial charge < -0.3 is 14.2 Å². The Morgan fingerprint density at radius 1 is 1.03 bits per heavy atom. The molecule has 8 heteroatoms. The number of likely N-dealkylation sites (tertiary alicyclic amines) is 1. The maximum atomic E-state index is 12.9. The number of unbranched alkanes of at least 4 members (excludes halogenated alkanes) is 1. The van der Waals surface area contributed by atoms with Gasteiger partial charge in [0, 0.05) is 24.6 Å². The van der Waals surface area contributed by atoms with Gasteiger partial charge in [-0.25, -0.2) is 4.79 Å². The van der Waals surface area contributed by atoms with E-state index in [0.29, 0.717) is 12.4 Å². The summed E-state index contributed by atoms with van der Waals surface area (Å²) in [6.45, 7) is 8.40. The molecule has 1 aromatic carbocycles. The topological polar surface area (TPSA) is 73.8 Å². The first kappa shape index (κ1) is 28.7. The first-order chi connectivity index (χ1) is 18.2. The van der Waals surface area contributed by atoms with E-state index >= 15 is 0 Å². The van der Waals surface area contributed by atoms with Crippen LogP contribution in [0.3, 0.4) is 0 Å². The molecule has 2 aromatic rings. The summed E-state index contributed by atoms with van der Waals surface area (Å²) in [5, 5.41) is 8.99. The first-order valence-corrected chi connectivity index (χ1v) is 15.0. The molecule has 0 bridgehead atoms. The lowest BCUT2D eigenvalue weighted by atomic mass is 9.97. The van der Waals surface area contributed by atoms with Gasteiger partial charge in [0.15, 0.2) is 6.23 Å². The van der Waals surface area contributed by atoms with Gasteiger partial charge in [0.1, 0.15) is 11.4 Å². The summed E-state index contributed by atoms with van der Waals surface area (Å²) < 4.78 is 19.2. The second-order valence-corrected chi connectivity index (χ2v) is 12.3. The molecule has 1 saturated heterocycles. The van der Waals surface area contributed by atoms with Gasteiger partial charge in [0.05, 0.1) is 16.3 Å². The van der Waals surface area contributed by atoms with Gasteiger partial charge in [0.25, 0.3) is 0 Å². The largest absolute Gasteiger partial charge is 0.489 e. The molecule has 2 aliphatic rings. The average Bonchev–Trinajstić information content (AvgIpc) is 2.89. The lowest BCUT2D eigenvalue weighted by molar-refractivity contribution is -0.0358. The number of nitrogens with zero attached hydrogens (tertiary/aromatic N) is 3. The fourth-order valence-electron chi connectivity index (χ4n) is 5.05. The van der Waals surface area contributed by atoms with Crippen molar-refractivity contribution in [2.45, 2.75) is 116 Å². The zero-order chi connectivity index (χ0) is 27.1. The number of aromatic nitrogens is 2. The number of piperidine rings is 1. The van der Waals surface area contributed by atoms with Crippen LogP contribution >= 0.6 is 15.9 Å². The number of benzene rings is 1. The summed E-state index contributed by atoms with van der Waals surface area (Å²) in [6, 6.07) is 8.20. The smallest absolute Gasteiger partial charge is 0.413 e. The van der Waals surface area contributed by atoms with Crippen LogP contribution in [0.15, 0.2) is 28.7 Å². The van der Waals surface area contributed by atoms with Crippen LogP contribution in [-0.2, 0) is 11.2 Å². The minimum atomic E-state index is -0.562. The molecule has 7 nitrogen and oxygen atoms in total. The van der Waals surface area contributed by atoms with Crippen LogP contribution in [0, 0.1) is 0 Å². The molecule has 1 amide bonds. The number of aryl methyl sites for hydroxylation is 1. The third kappa shape index (κ3) is 7.84. The van der Waals surface area contributed by atoms with Gasteiger partial charge in [-0.2, -0.15) is 5.10 Å². The van der Waals surface area contributed by atoms with Crippen molar-refractivity contribution in [3.05, 3.63) is 34.4 Å². The van der Waals surface area contributed by atoms with Gasteiger partial charge in [-0.1, -0.05) is 25.8 Å². The molecular formula is C30H42BrN3O4. The van der Waals surface area contributed by atoms with E-state index in [4.69, 9.17) is 14.2 Å². The highest BCUT2D eigenvalue weighted by Crippen LogP contribution is 2.35. The average molecular weight is 589 g/mol. The van der Waals surface area contributed by atoms with Crippen molar-refractivity contribution < 1.29 is 19.0 Å². The Morgan fingerprint density at radius 3 is 2.50 bits per heavy atom. The molecule has 2 heterocycles. The second kappa shape index (κ2) is 13.1. The SMILES string of the molecule is CCCCc1nnc(OC2CCCCN2C(=O)OC(C)(C)C)cc1-c1ccc(OC2CCCCC2)c(Br)c1. The van der Waals surface area contributed by atoms with Crippen molar-refractivity contribution in [1.29, 1.82) is 0 Å². The molecule has 1 atom stereocenters. The molecule has 1 aromatic heterocycles. The Kier molecular flexibility index (Phi) is 9.91. The van der Waals surface area contributed by atoms with E-state index in [-0.39, 0.29) is 12.2 Å². The minimum absolute atomic E-state index is 0.289. The number of halogens is 1. The molecule has 1 unspecified atom stereocenters. The van der Waals surface area contributed by atoms with Gasteiger partial charge >= 0.3 is 6.09 Å². The number of hydrogen-bond acceptors (Lipinski definition) is 6. The van der Waals surface area contributed by atoms with E-state index < -0.39 is 11.8 Å². The zero-order valence-electron chi connectivity index (χ0n) is 23.3. The van der Waals surface area contributed by atoms with Crippen LogP contribution in [0.5, 0.6) is 11.6 Å². The minimum Gasteiger partial charge on any atom is -0.489 e. The van der Waals surface area contributed by atoms with Crippen LogP contribution in [-0.4, -0.2) is 45.7 Å². The molecular weight excluding hydrogens is 546 g/mol. The standard InChI is InChI=1S/C30H42BrN3O4/c1-5-6-14-25-23(21-16-17-26(24(31)19-21)36-22-12-8-7-9-13-22)20-27(33-32-25)37-28-15-10-11-18-34(28)29(35)38-30(2,3)4/h16-17,19-20,22,28H,5-15,18H2,1-4H3. The summed E-state index contributed by atoms with van der Waals surface area (Å²) in [6.07, 6.45) is 11.1. The summed E-state index contributed by atoms with van der Waals surface area (Å²) in [5.74, 6) is 1.30. The predicted molar refractivity (Wildman–Crippen MR) is 152 cm³/mol. The number of amides is 1. The molecule has 0 radical (unpaired) electrons. The maximum absolute atomic E-state index is 12.9. The molecule has 208 valence electrons. The lowest BCUT2D eigenvalue weighted by Gasteiger charge is -2.36. The van der Waals surface area contributed by atoms with Gasteiger partial charge in [-0.3, -0.25) is 4.90 Å². The summed E-state index contributed by atoms with van der Waals surface area (Å²) in [4.78, 5) is 14.5. The number of carbonyl (C=O) groups is 1. The zero-order valence-corrected chi connectivity index (χ0v) is 24.9. The Bertz CT molecular complexity index is 1080. The molecule has 38 heavy (non-hydrogen) atoms. The fourth-order valence-corrected chi connectivity index (χ4v) is 5.53. The van der Waals surface area contributed by atoms with Crippen LogP contribution in [0.1, 0.15) is 97.6 Å². The summed E-state index contributed by atoms with van der Waals surface area (Å²) in [7, 11) is 0. The third-order valence-electron chi connectivity index (χ3n) is 7.04. The highest BCUT2D eigenvalue weighted by Gasteiger charge is 2.32. The van der Waals surface area contributed by atoms with Crippen molar-refractivity contribution in [1.82, 2.24) is 15.1 Å². The van der Waals surface area contributed by atoms with Crippen LogP contribution in [0.2, 0.25) is 0 Å². The quantitative estimate of drug-likeness (QED) is 0.310. The highest BCUT2D eigenvalue weighted by molar-refractivity contribution is 9.10. The summed E-state index contributed by atoms with van der Waals surface area (Å²) >= 11 is 3.74. The maximum Gasteiger partial charge on any atom is 0.413 e. The van der Waals surface area contributed by atoms with E-state index in [1.807, 2.05) is 32.9 Å². The van der Waals surface area contributed by atoms with Crippen LogP contribution < -0.4 is 9.47 Å². The molecule has 1 saturated carbocycles. The molecule has 4 rings (SSSR count). The van der Waals surface area contributed by atoms with Gasteiger partial charge in [-0.05, 0) is 106 Å². The van der Waals surface area contributed by atoms with Crippen molar-refractivity contribution in [2.24, 2.45) is 0 Å². The van der Waals surface area contributed by atoms with E-state index in [1.165, 1.54) is 19.3 Å². The van der Waals surface area contributed by atoms with E-state index in [2.05, 4.69) is 45.2 Å².